The lowest BCUT2D eigenvalue weighted by molar-refractivity contribution is 0.291. The first-order chi connectivity index (χ1) is 7.90. The molecule has 0 fully saturated rings. The van der Waals surface area contributed by atoms with Gasteiger partial charge in [0.2, 0.25) is 0 Å². The minimum Gasteiger partial charge on any atom is -0.395 e. The minimum atomic E-state index is 0.132. The molecule has 0 saturated carbocycles. The molecule has 5 heteroatoms. The van der Waals surface area contributed by atoms with E-state index in [9.17, 15) is 0 Å². The van der Waals surface area contributed by atoms with Crippen LogP contribution in [-0.2, 0) is 6.54 Å². The average molecular weight is 218 g/mol. The van der Waals surface area contributed by atoms with E-state index in [-0.39, 0.29) is 6.61 Å². The molecule has 84 valence electrons. The van der Waals surface area contributed by atoms with Crippen molar-refractivity contribution in [2.75, 3.05) is 13.2 Å². The van der Waals surface area contributed by atoms with Crippen LogP contribution in [0.2, 0.25) is 0 Å². The highest BCUT2D eigenvalue weighted by atomic mass is 16.3. The molecule has 0 aliphatic rings. The van der Waals surface area contributed by atoms with Crippen molar-refractivity contribution in [2.45, 2.75) is 6.54 Å². The van der Waals surface area contributed by atoms with E-state index in [2.05, 4.69) is 15.6 Å². The van der Waals surface area contributed by atoms with E-state index in [1.54, 1.807) is 4.68 Å². The van der Waals surface area contributed by atoms with Crippen LogP contribution in [0.25, 0.3) is 5.69 Å². The molecule has 1 aromatic carbocycles. The Labute approximate surface area is 93.7 Å². The molecule has 0 unspecified atom stereocenters. The van der Waals surface area contributed by atoms with E-state index < -0.39 is 0 Å². The predicted octanol–water partition coefficient (Wildman–Crippen LogP) is 0.349. The normalized spacial score (nSPS) is 10.6. The van der Waals surface area contributed by atoms with Gasteiger partial charge < -0.3 is 10.4 Å². The fourth-order valence-electron chi connectivity index (χ4n) is 1.38. The summed E-state index contributed by atoms with van der Waals surface area (Å²) in [5.74, 6) is 0. The second kappa shape index (κ2) is 5.39. The maximum Gasteiger partial charge on any atom is 0.0969 e. The van der Waals surface area contributed by atoms with Gasteiger partial charge in [0.05, 0.1) is 24.2 Å². The molecule has 0 radical (unpaired) electrons. The van der Waals surface area contributed by atoms with Crippen molar-refractivity contribution in [3.8, 4) is 5.69 Å². The van der Waals surface area contributed by atoms with Crippen molar-refractivity contribution in [1.29, 1.82) is 0 Å². The number of nitrogens with zero attached hydrogens (tertiary/aromatic N) is 3. The SMILES string of the molecule is OCCNCc1cn(-c2ccccc2)nn1. The number of hydrogen-bond acceptors (Lipinski definition) is 4. The Morgan fingerprint density at radius 2 is 2.06 bits per heavy atom. The fraction of sp³-hybridized carbons (Fsp3) is 0.273. The molecular weight excluding hydrogens is 204 g/mol. The van der Waals surface area contributed by atoms with Crippen LogP contribution in [0.3, 0.4) is 0 Å². The van der Waals surface area contributed by atoms with Crippen LogP contribution in [0.5, 0.6) is 0 Å². The number of aromatic nitrogens is 3. The largest absolute Gasteiger partial charge is 0.395 e. The van der Waals surface area contributed by atoms with E-state index >= 15 is 0 Å². The second-order valence-electron chi connectivity index (χ2n) is 3.39. The summed E-state index contributed by atoms with van der Waals surface area (Å²) in [4.78, 5) is 0. The molecule has 16 heavy (non-hydrogen) atoms. The Kier molecular flexibility index (Phi) is 3.63. The average Bonchev–Trinajstić information content (AvgIpc) is 2.79. The first-order valence-corrected chi connectivity index (χ1v) is 5.18. The lowest BCUT2D eigenvalue weighted by Crippen LogP contribution is -2.17. The van der Waals surface area contributed by atoms with E-state index in [1.807, 2.05) is 36.5 Å². The van der Waals surface area contributed by atoms with Crippen LogP contribution in [0.15, 0.2) is 36.5 Å². The fourth-order valence-corrected chi connectivity index (χ4v) is 1.38. The highest BCUT2D eigenvalue weighted by Crippen LogP contribution is 2.05. The van der Waals surface area contributed by atoms with Crippen molar-refractivity contribution in [2.24, 2.45) is 0 Å². The van der Waals surface area contributed by atoms with Gasteiger partial charge in [-0.15, -0.1) is 5.10 Å². The Morgan fingerprint density at radius 3 is 2.81 bits per heavy atom. The molecule has 1 aromatic heterocycles. The zero-order chi connectivity index (χ0) is 11.2. The molecule has 2 rings (SSSR count). The Hall–Kier alpha value is -1.72. The Balaban J connectivity index is 2.02. The molecule has 0 amide bonds. The number of nitrogens with one attached hydrogen (secondary N) is 1. The number of aliphatic hydroxyl groups excluding tert-OH is 1. The van der Waals surface area contributed by atoms with Gasteiger partial charge in [0.1, 0.15) is 0 Å². The summed E-state index contributed by atoms with van der Waals surface area (Å²) in [7, 11) is 0. The van der Waals surface area contributed by atoms with Gasteiger partial charge in [-0.25, -0.2) is 4.68 Å². The summed E-state index contributed by atoms with van der Waals surface area (Å²) >= 11 is 0. The number of aliphatic hydroxyl groups is 1. The minimum absolute atomic E-state index is 0.132. The number of para-hydroxylation sites is 1. The van der Waals surface area contributed by atoms with Crippen LogP contribution >= 0.6 is 0 Å². The summed E-state index contributed by atoms with van der Waals surface area (Å²) in [6, 6.07) is 9.82. The first-order valence-electron chi connectivity index (χ1n) is 5.18. The van der Waals surface area contributed by atoms with Gasteiger partial charge >= 0.3 is 0 Å². The van der Waals surface area contributed by atoms with E-state index in [0.29, 0.717) is 13.1 Å². The molecule has 5 nitrogen and oxygen atoms in total. The second-order valence-corrected chi connectivity index (χ2v) is 3.39. The molecule has 0 saturated heterocycles. The highest BCUT2D eigenvalue weighted by Gasteiger charge is 2.01. The topological polar surface area (TPSA) is 63.0 Å². The first kappa shape index (κ1) is 10.8. The quantitative estimate of drug-likeness (QED) is 0.711. The smallest absolute Gasteiger partial charge is 0.0969 e. The van der Waals surface area contributed by atoms with Crippen LogP contribution in [0.4, 0.5) is 0 Å². The number of benzene rings is 1. The molecule has 1 heterocycles. The van der Waals surface area contributed by atoms with Crippen LogP contribution < -0.4 is 5.32 Å². The highest BCUT2D eigenvalue weighted by molar-refractivity contribution is 5.29. The van der Waals surface area contributed by atoms with Gasteiger partial charge in [0.15, 0.2) is 0 Å². The van der Waals surface area contributed by atoms with Gasteiger partial charge in [-0.1, -0.05) is 23.4 Å². The number of rotatable bonds is 5. The van der Waals surface area contributed by atoms with Crippen LogP contribution in [-0.4, -0.2) is 33.3 Å². The van der Waals surface area contributed by atoms with Crippen molar-refractivity contribution >= 4 is 0 Å². The summed E-state index contributed by atoms with van der Waals surface area (Å²) in [5.41, 5.74) is 1.85. The predicted molar refractivity (Wildman–Crippen MR) is 60.2 cm³/mol. The van der Waals surface area contributed by atoms with Crippen LogP contribution in [0, 0.1) is 0 Å². The summed E-state index contributed by atoms with van der Waals surface area (Å²) in [6.45, 7) is 1.32. The molecule has 0 spiro atoms. The van der Waals surface area contributed by atoms with Gasteiger partial charge in [0.25, 0.3) is 0 Å². The third-order valence-corrected chi connectivity index (χ3v) is 2.16. The zero-order valence-corrected chi connectivity index (χ0v) is 8.87. The molecular formula is C11H14N4O. The van der Waals surface area contributed by atoms with Crippen molar-refractivity contribution in [3.63, 3.8) is 0 Å². The maximum absolute atomic E-state index is 8.62. The molecule has 2 aromatic rings. The standard InChI is InChI=1S/C11H14N4O/c16-7-6-12-8-10-9-15(14-13-10)11-4-2-1-3-5-11/h1-5,9,12,16H,6-8H2. The molecule has 2 N–H and O–H groups in total. The third-order valence-electron chi connectivity index (χ3n) is 2.16. The molecule has 0 aliphatic carbocycles. The summed E-state index contributed by atoms with van der Waals surface area (Å²) < 4.78 is 1.73. The summed E-state index contributed by atoms with van der Waals surface area (Å²) in [6.07, 6.45) is 1.87. The van der Waals surface area contributed by atoms with E-state index in [1.165, 1.54) is 0 Å². The number of hydrogen-bond donors (Lipinski definition) is 2. The van der Waals surface area contributed by atoms with Gasteiger partial charge in [-0.2, -0.15) is 0 Å². The van der Waals surface area contributed by atoms with E-state index in [0.717, 1.165) is 11.4 Å². The van der Waals surface area contributed by atoms with Crippen molar-refractivity contribution in [3.05, 3.63) is 42.2 Å². The van der Waals surface area contributed by atoms with Crippen LogP contribution in [0.1, 0.15) is 5.69 Å². The maximum atomic E-state index is 8.62. The third kappa shape index (κ3) is 2.65. The van der Waals surface area contributed by atoms with E-state index in [4.69, 9.17) is 5.11 Å². The lowest BCUT2D eigenvalue weighted by Gasteiger charge is -1.98. The zero-order valence-electron chi connectivity index (χ0n) is 8.87. The molecule has 0 atom stereocenters. The Morgan fingerprint density at radius 1 is 1.25 bits per heavy atom. The van der Waals surface area contributed by atoms with Crippen molar-refractivity contribution in [1.82, 2.24) is 20.3 Å². The summed E-state index contributed by atoms with van der Waals surface area (Å²) in [5, 5.41) is 19.7. The van der Waals surface area contributed by atoms with Crippen molar-refractivity contribution < 1.29 is 5.11 Å². The van der Waals surface area contributed by atoms with Gasteiger partial charge in [-0.05, 0) is 12.1 Å². The molecule has 0 aliphatic heterocycles. The molecule has 0 bridgehead atoms. The van der Waals surface area contributed by atoms with Gasteiger partial charge in [-0.3, -0.25) is 0 Å². The Bertz CT molecular complexity index is 427. The van der Waals surface area contributed by atoms with Gasteiger partial charge in [0, 0.05) is 13.1 Å². The monoisotopic (exact) mass is 218 g/mol. The lowest BCUT2D eigenvalue weighted by atomic mass is 10.3.